The van der Waals surface area contributed by atoms with Gasteiger partial charge in [-0.2, -0.15) is 0 Å². The van der Waals surface area contributed by atoms with Crippen molar-refractivity contribution in [2.45, 2.75) is 52.5 Å². The number of nitrogens with zero attached hydrogens (tertiary/aromatic N) is 2. The van der Waals surface area contributed by atoms with Gasteiger partial charge in [0.2, 0.25) is 6.79 Å². The molecule has 7 heteroatoms. The van der Waals surface area contributed by atoms with E-state index in [9.17, 15) is 14.7 Å². The molecular weight excluding hydrogens is 456 g/mol. The van der Waals surface area contributed by atoms with Crippen LogP contribution in [0.15, 0.2) is 48.0 Å². The van der Waals surface area contributed by atoms with Crippen LogP contribution in [-0.2, 0) is 15.0 Å². The number of ether oxygens (including phenoxy) is 2. The second-order valence-electron chi connectivity index (χ2n) is 10.3. The molecule has 0 saturated carbocycles. The van der Waals surface area contributed by atoms with Crippen LogP contribution in [-0.4, -0.2) is 59.6 Å². The minimum atomic E-state index is -0.669. The molecule has 1 N–H and O–H groups in total. The van der Waals surface area contributed by atoms with Crippen LogP contribution < -0.4 is 9.47 Å². The number of ketones is 1. The number of aliphatic hydroxyl groups excluding tert-OH is 1. The van der Waals surface area contributed by atoms with Crippen LogP contribution in [0.1, 0.15) is 63.8 Å². The summed E-state index contributed by atoms with van der Waals surface area (Å²) in [6, 6.07) is 12.3. The van der Waals surface area contributed by atoms with Gasteiger partial charge in [0.1, 0.15) is 5.76 Å². The molecule has 1 unspecified atom stereocenters. The van der Waals surface area contributed by atoms with E-state index in [0.717, 1.165) is 37.2 Å². The smallest absolute Gasteiger partial charge is 0.295 e. The van der Waals surface area contributed by atoms with Crippen LogP contribution in [0, 0.1) is 0 Å². The monoisotopic (exact) mass is 492 g/mol. The lowest BCUT2D eigenvalue weighted by atomic mass is 9.85. The normalized spacial score (nSPS) is 18.9. The van der Waals surface area contributed by atoms with Crippen molar-refractivity contribution < 1.29 is 24.2 Å². The van der Waals surface area contributed by atoms with Crippen molar-refractivity contribution in [2.24, 2.45) is 0 Å². The SMILES string of the molecule is CCN(CC)CCCN1C(=O)C(=O)/C(=C(/O)c2ccc3c(c2)OCO3)C1c1ccc(C(C)(C)C)cc1. The van der Waals surface area contributed by atoms with Gasteiger partial charge in [-0.25, -0.2) is 0 Å². The van der Waals surface area contributed by atoms with Gasteiger partial charge >= 0.3 is 0 Å². The van der Waals surface area contributed by atoms with E-state index in [-0.39, 0.29) is 23.5 Å². The number of rotatable bonds is 8. The average molecular weight is 493 g/mol. The summed E-state index contributed by atoms with van der Waals surface area (Å²) in [6.45, 7) is 13.8. The van der Waals surface area contributed by atoms with Crippen LogP contribution >= 0.6 is 0 Å². The maximum Gasteiger partial charge on any atom is 0.295 e. The highest BCUT2D eigenvalue weighted by Crippen LogP contribution is 2.41. The van der Waals surface area contributed by atoms with Crippen molar-refractivity contribution in [1.82, 2.24) is 9.80 Å². The van der Waals surface area contributed by atoms with E-state index in [2.05, 4.69) is 39.5 Å². The van der Waals surface area contributed by atoms with Crippen LogP contribution in [0.4, 0.5) is 0 Å². The maximum atomic E-state index is 13.3. The summed E-state index contributed by atoms with van der Waals surface area (Å²) in [5.41, 5.74) is 2.44. The summed E-state index contributed by atoms with van der Waals surface area (Å²) in [7, 11) is 0. The number of hydrogen-bond donors (Lipinski definition) is 1. The Morgan fingerprint density at radius 3 is 2.33 bits per heavy atom. The molecule has 192 valence electrons. The molecule has 2 aliphatic heterocycles. The molecule has 0 radical (unpaired) electrons. The van der Waals surface area contributed by atoms with Crippen molar-refractivity contribution in [3.05, 3.63) is 64.7 Å². The lowest BCUT2D eigenvalue weighted by Gasteiger charge is -2.27. The summed E-state index contributed by atoms with van der Waals surface area (Å²) < 4.78 is 10.8. The number of carbonyl (C=O) groups is 2. The summed E-state index contributed by atoms with van der Waals surface area (Å²) in [4.78, 5) is 30.4. The van der Waals surface area contributed by atoms with Crippen molar-refractivity contribution in [3.8, 4) is 11.5 Å². The third-order valence-electron chi connectivity index (χ3n) is 7.05. The number of aliphatic hydroxyl groups is 1. The first-order valence-corrected chi connectivity index (χ1v) is 12.7. The molecule has 0 spiro atoms. The van der Waals surface area contributed by atoms with Gasteiger partial charge < -0.3 is 24.4 Å². The lowest BCUT2D eigenvalue weighted by Crippen LogP contribution is -2.33. The highest BCUT2D eigenvalue weighted by atomic mass is 16.7. The van der Waals surface area contributed by atoms with E-state index in [1.165, 1.54) is 0 Å². The molecule has 2 aromatic carbocycles. The highest BCUT2D eigenvalue weighted by Gasteiger charge is 2.46. The van der Waals surface area contributed by atoms with Crippen LogP contribution in [0.5, 0.6) is 11.5 Å². The van der Waals surface area contributed by atoms with Crippen LogP contribution in [0.25, 0.3) is 5.76 Å². The number of fused-ring (bicyclic) bond motifs is 1. The number of benzene rings is 2. The Labute approximate surface area is 213 Å². The number of carbonyl (C=O) groups excluding carboxylic acids is 2. The second-order valence-corrected chi connectivity index (χ2v) is 10.3. The zero-order valence-electron chi connectivity index (χ0n) is 21.8. The number of amides is 1. The highest BCUT2D eigenvalue weighted by molar-refractivity contribution is 6.46. The fraction of sp³-hybridized carbons (Fsp3) is 0.448. The van der Waals surface area contributed by atoms with Gasteiger partial charge in [0.05, 0.1) is 11.6 Å². The van der Waals surface area contributed by atoms with Gasteiger partial charge in [-0.1, -0.05) is 58.9 Å². The summed E-state index contributed by atoms with van der Waals surface area (Å²) in [6.07, 6.45) is 0.731. The minimum Gasteiger partial charge on any atom is -0.507 e. The summed E-state index contributed by atoms with van der Waals surface area (Å²) in [5.74, 6) is -0.376. The van der Waals surface area contributed by atoms with Crippen molar-refractivity contribution in [3.63, 3.8) is 0 Å². The number of hydrogen-bond acceptors (Lipinski definition) is 6. The van der Waals surface area contributed by atoms with Gasteiger partial charge in [0, 0.05) is 12.1 Å². The molecule has 2 aromatic rings. The molecular formula is C29H36N2O5. The van der Waals surface area contributed by atoms with E-state index in [1.54, 1.807) is 23.1 Å². The van der Waals surface area contributed by atoms with Crippen LogP contribution in [0.2, 0.25) is 0 Å². The molecule has 1 amide bonds. The van der Waals surface area contributed by atoms with E-state index >= 15 is 0 Å². The van der Waals surface area contributed by atoms with Gasteiger partial charge in [-0.3, -0.25) is 9.59 Å². The van der Waals surface area contributed by atoms with E-state index in [4.69, 9.17) is 9.47 Å². The molecule has 7 nitrogen and oxygen atoms in total. The third-order valence-corrected chi connectivity index (χ3v) is 7.05. The fourth-order valence-electron chi connectivity index (χ4n) is 4.83. The standard InChI is InChI=1S/C29H36N2O5/c1-6-30(7-2)15-8-16-31-25(19-9-12-21(13-10-19)29(3,4)5)24(27(33)28(31)34)26(32)20-11-14-22-23(17-20)36-18-35-22/h9-14,17,25,32H,6-8,15-16,18H2,1-5H3/b26-24+. The molecule has 36 heavy (non-hydrogen) atoms. The first-order chi connectivity index (χ1) is 17.2. The zero-order chi connectivity index (χ0) is 26.0. The molecule has 4 rings (SSSR count). The van der Waals surface area contributed by atoms with Gasteiger partial charge in [0.15, 0.2) is 11.5 Å². The molecule has 2 heterocycles. The Morgan fingerprint density at radius 1 is 1.03 bits per heavy atom. The second kappa shape index (κ2) is 10.3. The van der Waals surface area contributed by atoms with Crippen molar-refractivity contribution in [2.75, 3.05) is 33.0 Å². The molecule has 1 saturated heterocycles. The van der Waals surface area contributed by atoms with Gasteiger partial charge in [-0.05, 0) is 60.8 Å². The quantitative estimate of drug-likeness (QED) is 0.322. The molecule has 1 atom stereocenters. The molecule has 0 bridgehead atoms. The Balaban J connectivity index is 1.75. The number of likely N-dealkylation sites (tertiary alicyclic amines) is 1. The van der Waals surface area contributed by atoms with Crippen molar-refractivity contribution >= 4 is 17.4 Å². The lowest BCUT2D eigenvalue weighted by molar-refractivity contribution is -0.140. The van der Waals surface area contributed by atoms with E-state index in [1.807, 2.05) is 24.3 Å². The number of Topliss-reactive ketones (excluding diaryl/α,β-unsaturated/α-hetero) is 1. The topological polar surface area (TPSA) is 79.3 Å². The molecule has 1 fully saturated rings. The van der Waals surface area contributed by atoms with Gasteiger partial charge in [0.25, 0.3) is 11.7 Å². The first-order valence-electron chi connectivity index (χ1n) is 12.7. The minimum absolute atomic E-state index is 0.0312. The summed E-state index contributed by atoms with van der Waals surface area (Å²) >= 11 is 0. The fourth-order valence-corrected chi connectivity index (χ4v) is 4.83. The van der Waals surface area contributed by atoms with Crippen molar-refractivity contribution in [1.29, 1.82) is 0 Å². The Bertz CT molecular complexity index is 1160. The Hall–Kier alpha value is -3.32. The molecule has 0 aliphatic carbocycles. The Kier molecular flexibility index (Phi) is 7.41. The van der Waals surface area contributed by atoms with E-state index in [0.29, 0.717) is 23.6 Å². The zero-order valence-corrected chi connectivity index (χ0v) is 21.8. The largest absolute Gasteiger partial charge is 0.507 e. The molecule has 0 aromatic heterocycles. The predicted octanol–water partition coefficient (Wildman–Crippen LogP) is 4.87. The summed E-state index contributed by atoms with van der Waals surface area (Å²) in [5, 5.41) is 11.3. The Morgan fingerprint density at radius 2 is 1.69 bits per heavy atom. The van der Waals surface area contributed by atoms with Gasteiger partial charge in [-0.15, -0.1) is 0 Å². The van der Waals surface area contributed by atoms with Crippen LogP contribution in [0.3, 0.4) is 0 Å². The average Bonchev–Trinajstić information content (AvgIpc) is 3.43. The third kappa shape index (κ3) is 4.98. The first kappa shape index (κ1) is 25.8. The molecule has 2 aliphatic rings. The maximum absolute atomic E-state index is 13.3. The predicted molar refractivity (Wildman–Crippen MR) is 139 cm³/mol. The van der Waals surface area contributed by atoms with E-state index < -0.39 is 17.7 Å².